The maximum absolute atomic E-state index is 13.6. The minimum absolute atomic E-state index is 0.0353. The van der Waals surface area contributed by atoms with E-state index in [1.807, 2.05) is 25.2 Å². The lowest BCUT2D eigenvalue weighted by Gasteiger charge is -2.14. The molecule has 0 radical (unpaired) electrons. The molecular formula is C31H40ClNO3. The molecule has 1 N–H and O–H groups in total. The molecule has 0 bridgehead atoms. The van der Waals surface area contributed by atoms with Gasteiger partial charge in [0, 0.05) is 47.1 Å². The number of carbonyl (C=O) groups excluding carboxylic acids is 1. The smallest absolute Gasteiger partial charge is 0.303 e. The average molecular weight is 510 g/mol. The monoisotopic (exact) mass is 509 g/mol. The lowest BCUT2D eigenvalue weighted by molar-refractivity contribution is -0.138. The molecule has 1 atom stereocenters. The van der Waals surface area contributed by atoms with Crippen molar-refractivity contribution >= 4 is 34.3 Å². The fourth-order valence-corrected chi connectivity index (χ4v) is 5.47. The largest absolute Gasteiger partial charge is 0.481 e. The molecule has 0 spiro atoms. The van der Waals surface area contributed by atoms with Crippen LogP contribution < -0.4 is 0 Å². The Labute approximate surface area is 220 Å². The Morgan fingerprint density at radius 2 is 1.72 bits per heavy atom. The number of aliphatic carboxylic acids is 1. The van der Waals surface area contributed by atoms with Crippen LogP contribution >= 0.6 is 11.6 Å². The molecule has 4 nitrogen and oxygen atoms in total. The summed E-state index contributed by atoms with van der Waals surface area (Å²) in [5, 5.41) is 10.9. The number of halogens is 1. The minimum atomic E-state index is -0.837. The Morgan fingerprint density at radius 1 is 0.972 bits per heavy atom. The highest BCUT2D eigenvalue weighted by atomic mass is 35.5. The summed E-state index contributed by atoms with van der Waals surface area (Å²) in [4.78, 5) is 25.1. The molecule has 0 aliphatic rings. The van der Waals surface area contributed by atoms with Crippen molar-refractivity contribution in [2.75, 3.05) is 0 Å². The molecule has 1 heterocycles. The SMILES string of the molecule is CCCCC(CC(=O)O)CC(=O)c1c(CCCCCCc2cccc(C)c2)n(C)c2ccc(Cl)cc12. The van der Waals surface area contributed by atoms with Crippen LogP contribution in [0, 0.1) is 12.8 Å². The Hall–Kier alpha value is -2.59. The maximum atomic E-state index is 13.6. The molecule has 1 aromatic heterocycles. The van der Waals surface area contributed by atoms with Gasteiger partial charge in [-0.25, -0.2) is 0 Å². The van der Waals surface area contributed by atoms with E-state index in [2.05, 4.69) is 42.7 Å². The summed E-state index contributed by atoms with van der Waals surface area (Å²) in [6, 6.07) is 14.4. The summed E-state index contributed by atoms with van der Waals surface area (Å²) < 4.78 is 2.13. The van der Waals surface area contributed by atoms with Crippen molar-refractivity contribution in [3.05, 3.63) is 69.9 Å². The van der Waals surface area contributed by atoms with Crippen molar-refractivity contribution < 1.29 is 14.7 Å². The number of ketones is 1. The minimum Gasteiger partial charge on any atom is -0.481 e. The number of aryl methyl sites for hydroxylation is 3. The van der Waals surface area contributed by atoms with Gasteiger partial charge >= 0.3 is 5.97 Å². The second kappa shape index (κ2) is 13.6. The Kier molecular flexibility index (Phi) is 10.6. The van der Waals surface area contributed by atoms with Crippen LogP contribution in [0.3, 0.4) is 0 Å². The van der Waals surface area contributed by atoms with Crippen molar-refractivity contribution in [1.29, 1.82) is 0 Å². The van der Waals surface area contributed by atoms with E-state index in [-0.39, 0.29) is 24.5 Å². The van der Waals surface area contributed by atoms with Crippen LogP contribution in [0.5, 0.6) is 0 Å². The standard InChI is InChI=1S/C31H40ClNO3/c1-4-5-12-24(20-30(35)36)19-29(34)31-26-21-25(32)16-17-27(26)33(3)28(31)15-9-7-6-8-13-23-14-10-11-22(2)18-23/h10-11,14,16-18,21,24H,4-9,12-13,15,19-20H2,1-3H3,(H,35,36). The summed E-state index contributed by atoms with van der Waals surface area (Å²) in [5.74, 6) is -0.936. The molecule has 0 saturated heterocycles. The Morgan fingerprint density at radius 3 is 2.42 bits per heavy atom. The molecule has 0 saturated carbocycles. The zero-order valence-corrected chi connectivity index (χ0v) is 22.7. The van der Waals surface area contributed by atoms with E-state index in [4.69, 9.17) is 11.6 Å². The third-order valence-electron chi connectivity index (χ3n) is 7.18. The highest BCUT2D eigenvalue weighted by molar-refractivity contribution is 6.31. The molecule has 2 aromatic carbocycles. The molecule has 0 fully saturated rings. The number of carboxylic acid groups (broad SMARTS) is 1. The fraction of sp³-hybridized carbons (Fsp3) is 0.484. The number of carbonyl (C=O) groups is 2. The summed E-state index contributed by atoms with van der Waals surface area (Å²) in [6.45, 7) is 4.22. The zero-order chi connectivity index (χ0) is 26.1. The molecule has 0 amide bonds. The van der Waals surface area contributed by atoms with Gasteiger partial charge in [-0.3, -0.25) is 9.59 Å². The van der Waals surface area contributed by atoms with E-state index in [0.717, 1.165) is 79.9 Å². The van der Waals surface area contributed by atoms with Gasteiger partial charge in [0.2, 0.25) is 0 Å². The summed E-state index contributed by atoms with van der Waals surface area (Å²) in [5.41, 5.74) is 5.48. The lowest BCUT2D eigenvalue weighted by Crippen LogP contribution is -2.15. The van der Waals surface area contributed by atoms with Crippen molar-refractivity contribution in [2.24, 2.45) is 13.0 Å². The highest BCUT2D eigenvalue weighted by Gasteiger charge is 2.24. The first kappa shape index (κ1) is 28.0. The van der Waals surface area contributed by atoms with E-state index in [9.17, 15) is 14.7 Å². The van der Waals surface area contributed by atoms with E-state index in [1.165, 1.54) is 11.1 Å². The molecule has 0 aliphatic carbocycles. The van der Waals surface area contributed by atoms with E-state index in [1.54, 1.807) is 0 Å². The first-order valence-electron chi connectivity index (χ1n) is 13.4. The van der Waals surface area contributed by atoms with Gasteiger partial charge < -0.3 is 9.67 Å². The predicted octanol–water partition coefficient (Wildman–Crippen LogP) is 8.34. The summed E-state index contributed by atoms with van der Waals surface area (Å²) in [6.07, 6.45) is 9.35. The number of benzene rings is 2. The van der Waals surface area contributed by atoms with Gasteiger partial charge in [0.05, 0.1) is 0 Å². The summed E-state index contributed by atoms with van der Waals surface area (Å²) >= 11 is 6.32. The van der Waals surface area contributed by atoms with Crippen molar-refractivity contribution in [2.45, 2.75) is 84.5 Å². The number of Topliss-reactive ketones (excluding diaryl/α,β-unsaturated/α-hetero) is 1. The number of aromatic nitrogens is 1. The molecule has 194 valence electrons. The first-order valence-corrected chi connectivity index (χ1v) is 13.7. The molecule has 3 aromatic rings. The second-order valence-electron chi connectivity index (χ2n) is 10.2. The second-order valence-corrected chi connectivity index (χ2v) is 10.6. The number of hydrogen-bond acceptors (Lipinski definition) is 2. The quantitative estimate of drug-likeness (QED) is 0.165. The number of nitrogens with zero attached hydrogens (tertiary/aromatic N) is 1. The number of fused-ring (bicyclic) bond motifs is 1. The third-order valence-corrected chi connectivity index (χ3v) is 7.41. The van der Waals surface area contributed by atoms with E-state index in [0.29, 0.717) is 5.02 Å². The Balaban J connectivity index is 1.71. The van der Waals surface area contributed by atoms with Gasteiger partial charge in [-0.2, -0.15) is 0 Å². The number of carboxylic acids is 1. The summed E-state index contributed by atoms with van der Waals surface area (Å²) in [7, 11) is 2.02. The van der Waals surface area contributed by atoms with Gasteiger partial charge in [-0.1, -0.05) is 74.0 Å². The van der Waals surface area contributed by atoms with Crippen LogP contribution in [-0.4, -0.2) is 21.4 Å². The Bertz CT molecular complexity index is 1180. The molecule has 5 heteroatoms. The van der Waals surface area contributed by atoms with E-state index >= 15 is 0 Å². The topological polar surface area (TPSA) is 59.3 Å². The van der Waals surface area contributed by atoms with Crippen LogP contribution in [0.1, 0.15) is 91.9 Å². The molecule has 1 unspecified atom stereocenters. The molecule has 0 aliphatic heterocycles. The first-order chi connectivity index (χ1) is 17.3. The number of unbranched alkanes of at least 4 members (excludes halogenated alkanes) is 4. The van der Waals surface area contributed by atoms with Gasteiger partial charge in [0.25, 0.3) is 0 Å². The van der Waals surface area contributed by atoms with Crippen LogP contribution in [0.2, 0.25) is 5.02 Å². The maximum Gasteiger partial charge on any atom is 0.303 e. The van der Waals surface area contributed by atoms with Crippen LogP contribution in [0.4, 0.5) is 0 Å². The van der Waals surface area contributed by atoms with Crippen molar-refractivity contribution in [3.63, 3.8) is 0 Å². The van der Waals surface area contributed by atoms with Crippen molar-refractivity contribution in [3.8, 4) is 0 Å². The average Bonchev–Trinajstić information content (AvgIpc) is 3.10. The zero-order valence-electron chi connectivity index (χ0n) is 22.0. The fourth-order valence-electron chi connectivity index (χ4n) is 5.30. The van der Waals surface area contributed by atoms with E-state index < -0.39 is 5.97 Å². The molecule has 36 heavy (non-hydrogen) atoms. The van der Waals surface area contributed by atoms with Crippen molar-refractivity contribution in [1.82, 2.24) is 4.57 Å². The lowest BCUT2D eigenvalue weighted by atomic mass is 9.89. The van der Waals surface area contributed by atoms with Gasteiger partial charge in [-0.15, -0.1) is 0 Å². The highest BCUT2D eigenvalue weighted by Crippen LogP contribution is 2.32. The normalized spacial score (nSPS) is 12.2. The van der Waals surface area contributed by atoms with Gasteiger partial charge in [0.15, 0.2) is 5.78 Å². The number of rotatable bonds is 15. The number of hydrogen-bond donors (Lipinski definition) is 1. The third kappa shape index (κ3) is 7.70. The molecular weight excluding hydrogens is 470 g/mol. The van der Waals surface area contributed by atoms with Gasteiger partial charge in [-0.05, 0) is 68.7 Å². The van der Waals surface area contributed by atoms with Gasteiger partial charge in [0.1, 0.15) is 0 Å². The predicted molar refractivity (Wildman–Crippen MR) is 149 cm³/mol. The van der Waals surface area contributed by atoms with Crippen LogP contribution in [0.15, 0.2) is 42.5 Å². The van der Waals surface area contributed by atoms with Crippen LogP contribution in [-0.2, 0) is 24.7 Å². The van der Waals surface area contributed by atoms with Crippen LogP contribution in [0.25, 0.3) is 10.9 Å². The molecule has 3 rings (SSSR count).